The lowest BCUT2D eigenvalue weighted by Gasteiger charge is -2.07. The van der Waals surface area contributed by atoms with E-state index in [0.29, 0.717) is 12.8 Å². The van der Waals surface area contributed by atoms with E-state index in [1.54, 1.807) is 6.92 Å². The molecule has 1 unspecified atom stereocenters. The van der Waals surface area contributed by atoms with Crippen molar-refractivity contribution in [2.24, 2.45) is 0 Å². The lowest BCUT2D eigenvalue weighted by atomic mass is 10.1. The standard InChI is InChI=1S/C10H17ClO2S2.C8H14O2S2/c1-8(11)13-10(12)5-3-2-4-9-6-7-14-15-9;9-8(10)4-2-1-3-7-5-6-11-12-7/h8-9H,2-7H2,1H3;7H,1-6H2,(H,9,10)/t8?,9-;7-/m11/s1. The molecule has 0 aromatic heterocycles. The van der Waals surface area contributed by atoms with Gasteiger partial charge in [-0.05, 0) is 45.4 Å². The van der Waals surface area contributed by atoms with Crippen molar-refractivity contribution in [2.45, 2.75) is 87.2 Å². The van der Waals surface area contributed by atoms with Crippen LogP contribution in [-0.4, -0.2) is 44.6 Å². The van der Waals surface area contributed by atoms with Crippen LogP contribution >= 0.6 is 54.8 Å². The van der Waals surface area contributed by atoms with Gasteiger partial charge in [-0.15, -0.1) is 0 Å². The molecule has 0 aromatic rings. The molecule has 4 nitrogen and oxygen atoms in total. The summed E-state index contributed by atoms with van der Waals surface area (Å²) < 4.78 is 4.84. The van der Waals surface area contributed by atoms with Gasteiger partial charge < -0.3 is 9.84 Å². The molecule has 1 N–H and O–H groups in total. The van der Waals surface area contributed by atoms with E-state index in [-0.39, 0.29) is 5.97 Å². The van der Waals surface area contributed by atoms with Crippen LogP contribution < -0.4 is 0 Å². The maximum absolute atomic E-state index is 11.1. The third-order valence-corrected chi connectivity index (χ3v) is 10.2. The molecule has 0 bridgehead atoms. The number of hydrogen-bond acceptors (Lipinski definition) is 7. The molecule has 3 atom stereocenters. The highest BCUT2D eigenvalue weighted by Gasteiger charge is 2.16. The fourth-order valence-corrected chi connectivity index (χ4v) is 8.81. The number of carboxylic acid groups (broad SMARTS) is 1. The Bertz CT molecular complexity index is 414. The van der Waals surface area contributed by atoms with Crippen LogP contribution in [-0.2, 0) is 14.3 Å². The van der Waals surface area contributed by atoms with E-state index in [9.17, 15) is 9.59 Å². The Morgan fingerprint density at radius 3 is 1.93 bits per heavy atom. The average Bonchev–Trinajstić information content (AvgIpc) is 3.29. The molecule has 0 spiro atoms. The summed E-state index contributed by atoms with van der Waals surface area (Å²) >= 11 is 5.54. The molecule has 2 fully saturated rings. The van der Waals surface area contributed by atoms with Crippen molar-refractivity contribution in [3.8, 4) is 0 Å². The first-order valence-electron chi connectivity index (χ1n) is 9.59. The minimum atomic E-state index is -0.663. The molecule has 0 saturated carbocycles. The summed E-state index contributed by atoms with van der Waals surface area (Å²) in [7, 11) is 7.87. The Labute approximate surface area is 184 Å². The fraction of sp³-hybridized carbons (Fsp3) is 0.889. The molecular weight excluding hydrogens is 444 g/mol. The number of carbonyl (C=O) groups is 2. The van der Waals surface area contributed by atoms with E-state index in [0.717, 1.165) is 36.2 Å². The van der Waals surface area contributed by atoms with E-state index in [2.05, 4.69) is 0 Å². The summed E-state index contributed by atoms with van der Waals surface area (Å²) in [6, 6.07) is 0. The third kappa shape index (κ3) is 15.2. The number of unbranched alkanes of at least 4 members (excludes halogenated alkanes) is 2. The van der Waals surface area contributed by atoms with Crippen LogP contribution in [0.3, 0.4) is 0 Å². The highest BCUT2D eigenvalue weighted by atomic mass is 35.5. The highest BCUT2D eigenvalue weighted by Crippen LogP contribution is 2.40. The number of halogens is 1. The van der Waals surface area contributed by atoms with Crippen LogP contribution in [0.25, 0.3) is 0 Å². The van der Waals surface area contributed by atoms with Gasteiger partial charge in [-0.3, -0.25) is 9.59 Å². The minimum Gasteiger partial charge on any atom is -0.481 e. The average molecular weight is 475 g/mol. The summed E-state index contributed by atoms with van der Waals surface area (Å²) in [5.41, 5.74) is -0.501. The largest absolute Gasteiger partial charge is 0.481 e. The maximum Gasteiger partial charge on any atom is 0.307 e. The van der Waals surface area contributed by atoms with Crippen molar-refractivity contribution >= 4 is 66.7 Å². The van der Waals surface area contributed by atoms with Gasteiger partial charge >= 0.3 is 11.9 Å². The van der Waals surface area contributed by atoms with Crippen LogP contribution in [0, 0.1) is 0 Å². The zero-order chi connectivity index (χ0) is 19.9. The van der Waals surface area contributed by atoms with Crippen molar-refractivity contribution in [1.29, 1.82) is 0 Å². The zero-order valence-corrected chi connectivity index (χ0v) is 19.9. The first-order chi connectivity index (χ1) is 13.0. The van der Waals surface area contributed by atoms with E-state index in [1.165, 1.54) is 37.2 Å². The Hall–Kier alpha value is 0.630. The summed E-state index contributed by atoms with van der Waals surface area (Å²) in [6.07, 6.45) is 9.84. The highest BCUT2D eigenvalue weighted by molar-refractivity contribution is 8.77. The number of carbonyl (C=O) groups excluding carboxylic acids is 1. The zero-order valence-electron chi connectivity index (χ0n) is 15.9. The second-order valence-corrected chi connectivity index (χ2v) is 12.8. The van der Waals surface area contributed by atoms with Crippen LogP contribution in [0.5, 0.6) is 0 Å². The molecule has 27 heavy (non-hydrogen) atoms. The van der Waals surface area contributed by atoms with Gasteiger partial charge in [0.05, 0.1) is 0 Å². The van der Waals surface area contributed by atoms with E-state index >= 15 is 0 Å². The number of hydrogen-bond donors (Lipinski definition) is 1. The molecule has 9 heteroatoms. The first-order valence-corrected chi connectivity index (χ1v) is 14.8. The number of carboxylic acids is 1. The molecule has 158 valence electrons. The second kappa shape index (κ2) is 16.4. The number of esters is 1. The molecule has 0 radical (unpaired) electrons. The predicted molar refractivity (Wildman–Crippen MR) is 123 cm³/mol. The lowest BCUT2D eigenvalue weighted by Crippen LogP contribution is -2.09. The molecule has 0 amide bonds. The van der Waals surface area contributed by atoms with Crippen LogP contribution in [0.4, 0.5) is 0 Å². The van der Waals surface area contributed by atoms with Gasteiger partial charge in [0.1, 0.15) is 0 Å². The van der Waals surface area contributed by atoms with E-state index in [4.69, 9.17) is 21.4 Å². The number of rotatable bonds is 11. The monoisotopic (exact) mass is 474 g/mol. The van der Waals surface area contributed by atoms with Gasteiger partial charge in [-0.2, -0.15) is 0 Å². The van der Waals surface area contributed by atoms with Crippen LogP contribution in [0.2, 0.25) is 0 Å². The van der Waals surface area contributed by atoms with Crippen molar-refractivity contribution in [2.75, 3.05) is 11.5 Å². The molecule has 0 aliphatic carbocycles. The van der Waals surface area contributed by atoms with Gasteiger partial charge in [0.25, 0.3) is 0 Å². The van der Waals surface area contributed by atoms with E-state index in [1.807, 2.05) is 43.2 Å². The Morgan fingerprint density at radius 1 is 1.00 bits per heavy atom. The van der Waals surface area contributed by atoms with Gasteiger partial charge in [0.15, 0.2) is 5.56 Å². The lowest BCUT2D eigenvalue weighted by molar-refractivity contribution is -0.145. The summed E-state index contributed by atoms with van der Waals surface area (Å²) in [5.74, 6) is 1.71. The van der Waals surface area contributed by atoms with Crippen molar-refractivity contribution in [3.05, 3.63) is 0 Å². The predicted octanol–water partition coefficient (Wildman–Crippen LogP) is 6.61. The molecule has 2 heterocycles. The third-order valence-electron chi connectivity index (χ3n) is 4.07. The quantitative estimate of drug-likeness (QED) is 0.155. The van der Waals surface area contributed by atoms with E-state index < -0.39 is 11.5 Å². The normalized spacial score (nSPS) is 22.7. The fourth-order valence-electron chi connectivity index (χ4n) is 2.66. The smallest absolute Gasteiger partial charge is 0.307 e. The number of ether oxygens (including phenoxy) is 1. The Kier molecular flexibility index (Phi) is 15.6. The van der Waals surface area contributed by atoms with Gasteiger partial charge in [0, 0.05) is 34.8 Å². The van der Waals surface area contributed by atoms with Crippen LogP contribution in [0.15, 0.2) is 0 Å². The first kappa shape index (κ1) is 25.7. The summed E-state index contributed by atoms with van der Waals surface area (Å²) in [4.78, 5) is 21.3. The summed E-state index contributed by atoms with van der Waals surface area (Å²) in [6.45, 7) is 1.66. The molecule has 2 aliphatic heterocycles. The molecular formula is C18H31ClO4S4. The molecule has 2 aliphatic rings. The van der Waals surface area contributed by atoms with Crippen molar-refractivity contribution < 1.29 is 19.4 Å². The number of alkyl halides is 1. The molecule has 0 aromatic carbocycles. The van der Waals surface area contributed by atoms with Crippen LogP contribution in [0.1, 0.15) is 71.1 Å². The summed E-state index contributed by atoms with van der Waals surface area (Å²) in [5, 5.41) is 9.99. The Balaban J connectivity index is 0.000000277. The van der Waals surface area contributed by atoms with Gasteiger partial charge in [0.2, 0.25) is 0 Å². The second-order valence-electron chi connectivity index (χ2n) is 6.58. The molecule has 2 saturated heterocycles. The molecule has 2 rings (SSSR count). The minimum absolute atomic E-state index is 0.175. The topological polar surface area (TPSA) is 63.6 Å². The SMILES string of the molecule is CC(Cl)OC(=O)CCCC[C@@H]1CCSS1.O=C(O)CCCC[C@@H]1CCSS1. The van der Waals surface area contributed by atoms with Gasteiger partial charge in [-0.1, -0.05) is 67.6 Å². The van der Waals surface area contributed by atoms with Crippen molar-refractivity contribution in [1.82, 2.24) is 0 Å². The van der Waals surface area contributed by atoms with Crippen molar-refractivity contribution in [3.63, 3.8) is 0 Å². The Morgan fingerprint density at radius 2 is 1.52 bits per heavy atom. The maximum atomic E-state index is 11.1. The number of aliphatic carboxylic acids is 1. The van der Waals surface area contributed by atoms with Gasteiger partial charge in [-0.25, -0.2) is 0 Å².